The van der Waals surface area contributed by atoms with E-state index in [1.807, 2.05) is 0 Å². The van der Waals surface area contributed by atoms with Crippen LogP contribution in [0.3, 0.4) is 0 Å². The van der Waals surface area contributed by atoms with Crippen LogP contribution in [0.5, 0.6) is 0 Å². The number of amides is 2. The van der Waals surface area contributed by atoms with E-state index in [2.05, 4.69) is 10.6 Å². The first-order valence-corrected chi connectivity index (χ1v) is 8.35. The van der Waals surface area contributed by atoms with Gasteiger partial charge in [0.25, 0.3) is 5.91 Å². The molecule has 0 spiro atoms. The van der Waals surface area contributed by atoms with Gasteiger partial charge in [0.05, 0.1) is 22.7 Å². The number of aliphatic hydroxyl groups excluding tert-OH is 1. The number of nitrogens with one attached hydrogen (secondary N) is 2. The van der Waals surface area contributed by atoms with Crippen LogP contribution in [0.1, 0.15) is 49.9 Å². The molecule has 1 aromatic carbocycles. The lowest BCUT2D eigenvalue weighted by molar-refractivity contribution is -0.118. The molecule has 0 radical (unpaired) electrons. The minimum Gasteiger partial charge on any atom is -0.391 e. The molecule has 2 rings (SSSR count). The first-order chi connectivity index (χ1) is 10.9. The summed E-state index contributed by atoms with van der Waals surface area (Å²) in [6.07, 6.45) is 2.90. The molecule has 0 bridgehead atoms. The Morgan fingerprint density at radius 1 is 1.26 bits per heavy atom. The minimum atomic E-state index is -0.518. The van der Waals surface area contributed by atoms with Crippen LogP contribution >= 0.6 is 11.6 Å². The van der Waals surface area contributed by atoms with Crippen molar-refractivity contribution in [2.45, 2.75) is 51.7 Å². The second kappa shape index (κ2) is 7.79. The molecule has 5 nitrogen and oxygen atoms in total. The first-order valence-electron chi connectivity index (χ1n) is 7.98. The Hall–Kier alpha value is -1.59. The second-order valence-corrected chi connectivity index (χ2v) is 6.68. The summed E-state index contributed by atoms with van der Waals surface area (Å²) in [5, 5.41) is 15.9. The molecule has 1 fully saturated rings. The fraction of sp³-hybridized carbons (Fsp3) is 0.529. The van der Waals surface area contributed by atoms with Crippen LogP contribution in [-0.4, -0.2) is 29.1 Å². The lowest BCUT2D eigenvalue weighted by Crippen LogP contribution is -2.45. The van der Waals surface area contributed by atoms with Crippen molar-refractivity contribution in [1.29, 1.82) is 0 Å². The predicted octanol–water partition coefficient (Wildman–Crippen LogP) is 2.97. The van der Waals surface area contributed by atoms with Gasteiger partial charge in [0.1, 0.15) is 0 Å². The Kier molecular flexibility index (Phi) is 6.02. The van der Waals surface area contributed by atoms with Gasteiger partial charge in [-0.05, 0) is 31.0 Å². The average Bonchev–Trinajstić information content (AvgIpc) is 2.51. The van der Waals surface area contributed by atoms with E-state index in [9.17, 15) is 14.7 Å². The molecule has 6 heteroatoms. The first kappa shape index (κ1) is 17.8. The van der Waals surface area contributed by atoms with Crippen molar-refractivity contribution in [3.05, 3.63) is 28.8 Å². The van der Waals surface area contributed by atoms with Crippen LogP contribution in [-0.2, 0) is 4.79 Å². The van der Waals surface area contributed by atoms with Crippen LogP contribution in [0.25, 0.3) is 0 Å². The zero-order valence-corrected chi connectivity index (χ0v) is 14.2. The maximum absolute atomic E-state index is 12.4. The molecule has 126 valence electrons. The molecule has 23 heavy (non-hydrogen) atoms. The fourth-order valence-electron chi connectivity index (χ4n) is 2.59. The molecule has 1 aliphatic rings. The molecule has 1 aliphatic carbocycles. The number of hydrogen-bond donors (Lipinski definition) is 3. The molecule has 3 N–H and O–H groups in total. The van der Waals surface area contributed by atoms with E-state index >= 15 is 0 Å². The van der Waals surface area contributed by atoms with Crippen molar-refractivity contribution in [3.8, 4) is 0 Å². The maximum Gasteiger partial charge on any atom is 0.253 e. The number of hydrogen-bond acceptors (Lipinski definition) is 3. The van der Waals surface area contributed by atoms with Gasteiger partial charge in [-0.25, -0.2) is 0 Å². The van der Waals surface area contributed by atoms with Gasteiger partial charge in [-0.15, -0.1) is 0 Å². The van der Waals surface area contributed by atoms with Crippen LogP contribution < -0.4 is 10.6 Å². The van der Waals surface area contributed by atoms with E-state index in [0.29, 0.717) is 22.7 Å². The zero-order valence-electron chi connectivity index (χ0n) is 13.4. The number of halogens is 1. The van der Waals surface area contributed by atoms with Gasteiger partial charge in [-0.1, -0.05) is 38.3 Å². The number of benzene rings is 1. The summed E-state index contributed by atoms with van der Waals surface area (Å²) in [5.74, 6) is -0.608. The Bertz CT molecular complexity index is 589. The number of rotatable bonds is 4. The third kappa shape index (κ3) is 4.69. The van der Waals surface area contributed by atoms with Crippen molar-refractivity contribution in [2.24, 2.45) is 5.92 Å². The monoisotopic (exact) mass is 338 g/mol. The number of anilines is 1. The van der Waals surface area contributed by atoms with Gasteiger partial charge >= 0.3 is 0 Å². The smallest absolute Gasteiger partial charge is 0.253 e. The van der Waals surface area contributed by atoms with Crippen LogP contribution in [0, 0.1) is 5.92 Å². The second-order valence-electron chi connectivity index (χ2n) is 6.27. The topological polar surface area (TPSA) is 78.4 Å². The van der Waals surface area contributed by atoms with Crippen LogP contribution in [0.15, 0.2) is 18.2 Å². The SMILES string of the molecule is CC(C)C(=O)Nc1ccc(Cl)c(C(=O)NC2CCCCC2O)c1. The quantitative estimate of drug-likeness (QED) is 0.789. The normalized spacial score (nSPS) is 21.1. The van der Waals surface area contributed by atoms with Gasteiger partial charge in [0.2, 0.25) is 5.91 Å². The summed E-state index contributed by atoms with van der Waals surface area (Å²) in [4.78, 5) is 24.2. The van der Waals surface area contributed by atoms with Crippen molar-refractivity contribution < 1.29 is 14.7 Å². The average molecular weight is 339 g/mol. The molecule has 0 aliphatic heterocycles. The Morgan fingerprint density at radius 3 is 2.61 bits per heavy atom. The fourth-order valence-corrected chi connectivity index (χ4v) is 2.79. The number of carbonyl (C=O) groups excluding carboxylic acids is 2. The predicted molar refractivity (Wildman–Crippen MR) is 90.6 cm³/mol. The lowest BCUT2D eigenvalue weighted by atomic mass is 9.92. The van der Waals surface area contributed by atoms with Gasteiger partial charge < -0.3 is 15.7 Å². The van der Waals surface area contributed by atoms with E-state index in [4.69, 9.17) is 11.6 Å². The highest BCUT2D eigenvalue weighted by Gasteiger charge is 2.25. The van der Waals surface area contributed by atoms with E-state index in [0.717, 1.165) is 19.3 Å². The highest BCUT2D eigenvalue weighted by atomic mass is 35.5. The van der Waals surface area contributed by atoms with Crippen molar-refractivity contribution >= 4 is 29.1 Å². The van der Waals surface area contributed by atoms with E-state index < -0.39 is 6.10 Å². The lowest BCUT2D eigenvalue weighted by Gasteiger charge is -2.28. The van der Waals surface area contributed by atoms with E-state index in [1.54, 1.807) is 32.0 Å². The minimum absolute atomic E-state index is 0.124. The third-order valence-corrected chi connectivity index (χ3v) is 4.38. The van der Waals surface area contributed by atoms with Gasteiger partial charge in [-0.2, -0.15) is 0 Å². The van der Waals surface area contributed by atoms with Crippen LogP contribution in [0.4, 0.5) is 5.69 Å². The van der Waals surface area contributed by atoms with E-state index in [-0.39, 0.29) is 23.8 Å². The van der Waals surface area contributed by atoms with Crippen molar-refractivity contribution in [2.75, 3.05) is 5.32 Å². The standard InChI is InChI=1S/C17H23ClN2O3/c1-10(2)16(22)19-11-7-8-13(18)12(9-11)17(23)20-14-5-3-4-6-15(14)21/h7-10,14-15,21H,3-6H2,1-2H3,(H,19,22)(H,20,23). The summed E-state index contributed by atoms with van der Waals surface area (Å²) in [6, 6.07) is 4.56. The molecule has 1 aromatic rings. The van der Waals surface area contributed by atoms with E-state index in [1.165, 1.54) is 0 Å². The summed E-state index contributed by atoms with van der Waals surface area (Å²) in [7, 11) is 0. The summed E-state index contributed by atoms with van der Waals surface area (Å²) < 4.78 is 0. The highest BCUT2D eigenvalue weighted by molar-refractivity contribution is 6.34. The summed E-state index contributed by atoms with van der Waals surface area (Å²) in [6.45, 7) is 3.59. The molecule has 0 aromatic heterocycles. The molecule has 2 atom stereocenters. The summed E-state index contributed by atoms with van der Waals surface area (Å²) in [5.41, 5.74) is 0.827. The molecular formula is C17H23ClN2O3. The van der Waals surface area contributed by atoms with Gasteiger partial charge in [-0.3, -0.25) is 9.59 Å². The van der Waals surface area contributed by atoms with Crippen molar-refractivity contribution in [3.63, 3.8) is 0 Å². The van der Waals surface area contributed by atoms with Gasteiger partial charge in [0.15, 0.2) is 0 Å². The molecule has 2 amide bonds. The molecule has 2 unspecified atom stereocenters. The zero-order chi connectivity index (χ0) is 17.0. The molecule has 0 heterocycles. The molecular weight excluding hydrogens is 316 g/mol. The largest absolute Gasteiger partial charge is 0.391 e. The Labute approximate surface area is 141 Å². The molecule has 1 saturated carbocycles. The van der Waals surface area contributed by atoms with Crippen LogP contribution in [0.2, 0.25) is 5.02 Å². The van der Waals surface area contributed by atoms with Crippen molar-refractivity contribution in [1.82, 2.24) is 5.32 Å². The third-order valence-electron chi connectivity index (χ3n) is 4.05. The maximum atomic E-state index is 12.4. The number of aliphatic hydroxyl groups is 1. The van der Waals surface area contributed by atoms with Gasteiger partial charge in [0, 0.05) is 11.6 Å². The Morgan fingerprint density at radius 2 is 1.96 bits per heavy atom. The Balaban J connectivity index is 2.11. The summed E-state index contributed by atoms with van der Waals surface area (Å²) >= 11 is 6.11. The highest BCUT2D eigenvalue weighted by Crippen LogP contribution is 2.23. The molecule has 0 saturated heterocycles. The number of carbonyl (C=O) groups is 2.